The highest BCUT2D eigenvalue weighted by atomic mass is 16.2. The summed E-state index contributed by atoms with van der Waals surface area (Å²) in [6, 6.07) is -0.166. The summed E-state index contributed by atoms with van der Waals surface area (Å²) in [6.45, 7) is 6.80. The molecule has 1 aromatic rings. The summed E-state index contributed by atoms with van der Waals surface area (Å²) in [6.07, 6.45) is 4.60. The first-order chi connectivity index (χ1) is 12.1. The Balaban J connectivity index is 1.57. The fourth-order valence-electron chi connectivity index (χ4n) is 3.66. The molecule has 138 valence electrons. The minimum Gasteiger partial charge on any atom is -0.353 e. The number of fused-ring (bicyclic) bond motifs is 1. The minimum atomic E-state index is -0.399. The van der Waals surface area contributed by atoms with E-state index in [2.05, 4.69) is 44.1 Å². The van der Waals surface area contributed by atoms with Crippen molar-refractivity contribution in [2.24, 2.45) is 0 Å². The molecule has 3 heterocycles. The standard InChI is InChI=1S/C17H28N6O2/c1-12(2)22-9-7-18-17(25)13(22)10-16(24)19-11-15-21-20-14-6-4-3-5-8-23(14)15/h12-13H,3-11H2,1-2H3,(H,18,25)(H,19,24). The van der Waals surface area contributed by atoms with Crippen LogP contribution in [0.4, 0.5) is 0 Å². The third-order valence-corrected chi connectivity index (χ3v) is 5.04. The van der Waals surface area contributed by atoms with Gasteiger partial charge in [0.1, 0.15) is 5.82 Å². The van der Waals surface area contributed by atoms with Crippen molar-refractivity contribution in [2.75, 3.05) is 13.1 Å². The first-order valence-electron chi connectivity index (χ1n) is 9.27. The van der Waals surface area contributed by atoms with Gasteiger partial charge < -0.3 is 15.2 Å². The predicted molar refractivity (Wildman–Crippen MR) is 92.7 cm³/mol. The second kappa shape index (κ2) is 7.95. The number of aromatic nitrogens is 3. The van der Waals surface area contributed by atoms with E-state index >= 15 is 0 Å². The van der Waals surface area contributed by atoms with Crippen molar-refractivity contribution in [3.63, 3.8) is 0 Å². The largest absolute Gasteiger partial charge is 0.353 e. The Bertz CT molecular complexity index is 627. The van der Waals surface area contributed by atoms with E-state index in [-0.39, 0.29) is 24.3 Å². The number of amides is 2. The highest BCUT2D eigenvalue weighted by Gasteiger charge is 2.32. The predicted octanol–water partition coefficient (Wildman–Crippen LogP) is 0.220. The number of hydrogen-bond acceptors (Lipinski definition) is 5. The number of rotatable bonds is 5. The molecule has 25 heavy (non-hydrogen) atoms. The van der Waals surface area contributed by atoms with Gasteiger partial charge in [-0.15, -0.1) is 10.2 Å². The molecule has 0 saturated carbocycles. The maximum absolute atomic E-state index is 12.4. The molecule has 0 spiro atoms. The number of piperazine rings is 1. The third-order valence-electron chi connectivity index (χ3n) is 5.04. The second-order valence-corrected chi connectivity index (χ2v) is 7.11. The highest BCUT2D eigenvalue weighted by molar-refractivity contribution is 5.88. The van der Waals surface area contributed by atoms with Crippen molar-refractivity contribution in [3.8, 4) is 0 Å². The lowest BCUT2D eigenvalue weighted by Gasteiger charge is -2.37. The molecule has 2 amide bonds. The third kappa shape index (κ3) is 4.18. The van der Waals surface area contributed by atoms with E-state index in [1.165, 1.54) is 6.42 Å². The Morgan fingerprint density at radius 2 is 2.12 bits per heavy atom. The number of nitrogens with one attached hydrogen (secondary N) is 2. The van der Waals surface area contributed by atoms with Gasteiger partial charge in [0.25, 0.3) is 0 Å². The molecule has 0 aliphatic carbocycles. The van der Waals surface area contributed by atoms with E-state index in [1.54, 1.807) is 0 Å². The molecular weight excluding hydrogens is 320 g/mol. The molecule has 0 bridgehead atoms. The molecule has 8 nitrogen and oxygen atoms in total. The van der Waals surface area contributed by atoms with Crippen LogP contribution in [0.5, 0.6) is 0 Å². The van der Waals surface area contributed by atoms with Gasteiger partial charge in [-0.05, 0) is 26.7 Å². The fraction of sp³-hybridized carbons (Fsp3) is 0.765. The van der Waals surface area contributed by atoms with Gasteiger partial charge in [0.05, 0.1) is 19.0 Å². The molecule has 1 aromatic heterocycles. The Morgan fingerprint density at radius 1 is 1.28 bits per heavy atom. The Hall–Kier alpha value is -1.96. The van der Waals surface area contributed by atoms with Crippen LogP contribution in [-0.4, -0.2) is 56.7 Å². The molecule has 2 N–H and O–H groups in total. The van der Waals surface area contributed by atoms with Crippen LogP contribution in [0, 0.1) is 0 Å². The summed E-state index contributed by atoms with van der Waals surface area (Å²) in [5, 5.41) is 14.2. The smallest absolute Gasteiger partial charge is 0.237 e. The van der Waals surface area contributed by atoms with Gasteiger partial charge >= 0.3 is 0 Å². The Morgan fingerprint density at radius 3 is 2.92 bits per heavy atom. The normalized spacial score (nSPS) is 21.6. The Kier molecular flexibility index (Phi) is 5.67. The molecule has 1 saturated heterocycles. The zero-order chi connectivity index (χ0) is 17.8. The first kappa shape index (κ1) is 17.8. The summed E-state index contributed by atoms with van der Waals surface area (Å²) in [4.78, 5) is 26.6. The number of hydrogen-bond donors (Lipinski definition) is 2. The lowest BCUT2D eigenvalue weighted by molar-refractivity contribution is -0.134. The lowest BCUT2D eigenvalue weighted by atomic mass is 10.1. The van der Waals surface area contributed by atoms with Crippen molar-refractivity contribution in [1.29, 1.82) is 0 Å². The number of carbonyl (C=O) groups is 2. The van der Waals surface area contributed by atoms with Crippen molar-refractivity contribution in [3.05, 3.63) is 11.6 Å². The van der Waals surface area contributed by atoms with Gasteiger partial charge in [-0.3, -0.25) is 14.5 Å². The average Bonchev–Trinajstić information content (AvgIpc) is 2.81. The molecule has 3 rings (SSSR count). The molecule has 1 unspecified atom stereocenters. The van der Waals surface area contributed by atoms with Crippen LogP contribution in [0.1, 0.15) is 51.2 Å². The van der Waals surface area contributed by atoms with E-state index in [4.69, 9.17) is 0 Å². The summed E-state index contributed by atoms with van der Waals surface area (Å²) in [5.74, 6) is 1.63. The van der Waals surface area contributed by atoms with Gasteiger partial charge in [0.2, 0.25) is 11.8 Å². The van der Waals surface area contributed by atoms with Gasteiger partial charge in [-0.1, -0.05) is 6.42 Å². The van der Waals surface area contributed by atoms with Crippen LogP contribution < -0.4 is 10.6 Å². The van der Waals surface area contributed by atoms with E-state index in [0.717, 1.165) is 44.0 Å². The van der Waals surface area contributed by atoms with Crippen LogP contribution in [0.15, 0.2) is 0 Å². The van der Waals surface area contributed by atoms with E-state index in [9.17, 15) is 9.59 Å². The summed E-state index contributed by atoms with van der Waals surface area (Å²) in [5.41, 5.74) is 0. The van der Waals surface area contributed by atoms with E-state index < -0.39 is 6.04 Å². The van der Waals surface area contributed by atoms with Gasteiger partial charge in [-0.25, -0.2) is 0 Å². The van der Waals surface area contributed by atoms with Crippen LogP contribution in [0.2, 0.25) is 0 Å². The molecule has 1 atom stereocenters. The highest BCUT2D eigenvalue weighted by Crippen LogP contribution is 2.15. The lowest BCUT2D eigenvalue weighted by Crippen LogP contribution is -2.58. The zero-order valence-electron chi connectivity index (χ0n) is 15.1. The number of nitrogens with zero attached hydrogens (tertiary/aromatic N) is 4. The van der Waals surface area contributed by atoms with Crippen molar-refractivity contribution in [2.45, 2.75) is 71.1 Å². The molecule has 2 aliphatic rings. The maximum Gasteiger partial charge on any atom is 0.237 e. The van der Waals surface area contributed by atoms with Gasteiger partial charge in [0, 0.05) is 32.1 Å². The summed E-state index contributed by atoms with van der Waals surface area (Å²) in [7, 11) is 0. The maximum atomic E-state index is 12.4. The topological polar surface area (TPSA) is 92.2 Å². The molecular formula is C17H28N6O2. The van der Waals surface area contributed by atoms with E-state index in [0.29, 0.717) is 13.1 Å². The van der Waals surface area contributed by atoms with Crippen molar-refractivity contribution >= 4 is 11.8 Å². The van der Waals surface area contributed by atoms with Crippen LogP contribution in [0.25, 0.3) is 0 Å². The molecule has 8 heteroatoms. The summed E-state index contributed by atoms with van der Waals surface area (Å²) >= 11 is 0. The first-order valence-corrected chi connectivity index (χ1v) is 9.27. The molecule has 0 radical (unpaired) electrons. The molecule has 0 aromatic carbocycles. The molecule has 2 aliphatic heterocycles. The van der Waals surface area contributed by atoms with Crippen LogP contribution >= 0.6 is 0 Å². The SMILES string of the molecule is CC(C)N1CCNC(=O)C1CC(=O)NCc1nnc2n1CCCCC2. The number of carbonyl (C=O) groups excluding carboxylic acids is 2. The van der Waals surface area contributed by atoms with Crippen molar-refractivity contribution < 1.29 is 9.59 Å². The van der Waals surface area contributed by atoms with Gasteiger partial charge in [-0.2, -0.15) is 0 Å². The van der Waals surface area contributed by atoms with Crippen LogP contribution in [-0.2, 0) is 29.1 Å². The minimum absolute atomic E-state index is 0.0635. The number of aryl methyl sites for hydroxylation is 1. The van der Waals surface area contributed by atoms with E-state index in [1.807, 2.05) is 0 Å². The van der Waals surface area contributed by atoms with Crippen molar-refractivity contribution in [1.82, 2.24) is 30.3 Å². The quantitative estimate of drug-likeness (QED) is 0.794. The van der Waals surface area contributed by atoms with Gasteiger partial charge in [0.15, 0.2) is 5.82 Å². The Labute approximate surface area is 148 Å². The zero-order valence-corrected chi connectivity index (χ0v) is 15.1. The molecule has 1 fully saturated rings. The van der Waals surface area contributed by atoms with Crippen LogP contribution in [0.3, 0.4) is 0 Å². The second-order valence-electron chi connectivity index (χ2n) is 7.11. The monoisotopic (exact) mass is 348 g/mol. The summed E-state index contributed by atoms with van der Waals surface area (Å²) < 4.78 is 2.13. The average molecular weight is 348 g/mol. The fourth-order valence-corrected chi connectivity index (χ4v) is 3.66.